The molecule has 1 saturated heterocycles. The fraction of sp³-hybridized carbons (Fsp3) is 1.00. The lowest BCUT2D eigenvalue weighted by Gasteiger charge is -2.47. The highest BCUT2D eigenvalue weighted by atomic mass is 15.2. The minimum Gasteiger partial charge on any atom is -0.327 e. The monoisotopic (exact) mass is 252 g/mol. The van der Waals surface area contributed by atoms with E-state index in [1.54, 1.807) is 0 Å². The topological polar surface area (TPSA) is 29.3 Å². The molecule has 1 heterocycles. The lowest BCUT2D eigenvalue weighted by molar-refractivity contribution is 0.0263. The molecule has 1 saturated carbocycles. The van der Waals surface area contributed by atoms with E-state index in [9.17, 15) is 0 Å². The second-order valence-corrected chi connectivity index (χ2v) is 7.45. The third kappa shape index (κ3) is 3.27. The number of piperidine rings is 1. The van der Waals surface area contributed by atoms with E-state index in [1.165, 1.54) is 32.2 Å². The first-order valence-electron chi connectivity index (χ1n) is 7.97. The van der Waals surface area contributed by atoms with Gasteiger partial charge in [-0.15, -0.1) is 0 Å². The first kappa shape index (κ1) is 14.3. The number of likely N-dealkylation sites (tertiary alicyclic amines) is 1. The Morgan fingerprint density at radius 2 is 1.72 bits per heavy atom. The molecule has 2 rings (SSSR count). The molecule has 2 heteroatoms. The molecular weight excluding hydrogens is 220 g/mol. The minimum atomic E-state index is 0.402. The van der Waals surface area contributed by atoms with Crippen LogP contribution in [0, 0.1) is 23.7 Å². The molecule has 0 spiro atoms. The first-order valence-corrected chi connectivity index (χ1v) is 7.97. The van der Waals surface area contributed by atoms with Gasteiger partial charge >= 0.3 is 0 Å². The van der Waals surface area contributed by atoms with E-state index in [-0.39, 0.29) is 0 Å². The van der Waals surface area contributed by atoms with Gasteiger partial charge < -0.3 is 5.73 Å². The van der Waals surface area contributed by atoms with Gasteiger partial charge in [0.05, 0.1) is 0 Å². The van der Waals surface area contributed by atoms with Crippen molar-refractivity contribution in [2.45, 2.75) is 65.5 Å². The molecule has 5 atom stereocenters. The maximum Gasteiger partial charge on any atom is 0.0170 e. The van der Waals surface area contributed by atoms with Crippen molar-refractivity contribution in [1.82, 2.24) is 4.90 Å². The van der Waals surface area contributed by atoms with Crippen molar-refractivity contribution in [2.75, 3.05) is 13.1 Å². The second kappa shape index (κ2) is 5.92. The molecule has 0 amide bonds. The van der Waals surface area contributed by atoms with Gasteiger partial charge in [0.1, 0.15) is 0 Å². The van der Waals surface area contributed by atoms with Crippen LogP contribution in [0.2, 0.25) is 0 Å². The van der Waals surface area contributed by atoms with Crippen LogP contribution in [-0.2, 0) is 0 Å². The fourth-order valence-corrected chi connectivity index (χ4v) is 4.28. The number of hydrogen-bond acceptors (Lipinski definition) is 2. The van der Waals surface area contributed by atoms with Crippen molar-refractivity contribution in [2.24, 2.45) is 29.4 Å². The average Bonchev–Trinajstić information content (AvgIpc) is 2.27. The van der Waals surface area contributed by atoms with Crippen LogP contribution in [0.5, 0.6) is 0 Å². The van der Waals surface area contributed by atoms with Crippen LogP contribution in [0.25, 0.3) is 0 Å². The molecule has 0 aromatic heterocycles. The van der Waals surface area contributed by atoms with Gasteiger partial charge in [-0.05, 0) is 42.9 Å². The van der Waals surface area contributed by atoms with Crippen molar-refractivity contribution < 1.29 is 0 Å². The molecule has 2 N–H and O–H groups in total. The van der Waals surface area contributed by atoms with E-state index in [4.69, 9.17) is 5.73 Å². The van der Waals surface area contributed by atoms with Crippen molar-refractivity contribution in [3.8, 4) is 0 Å². The first-order chi connectivity index (χ1) is 8.47. The second-order valence-electron chi connectivity index (χ2n) is 7.45. The highest BCUT2D eigenvalue weighted by Gasteiger charge is 2.37. The maximum atomic E-state index is 6.24. The van der Waals surface area contributed by atoms with Crippen LogP contribution in [0.3, 0.4) is 0 Å². The standard InChI is InChI=1S/C16H32N2/c1-11(2)15-6-5-12(3)8-16(15)18-9-13(4)7-14(17)10-18/h11-16H,5-10,17H2,1-4H3. The Morgan fingerprint density at radius 1 is 1.00 bits per heavy atom. The largest absolute Gasteiger partial charge is 0.327 e. The molecule has 0 bridgehead atoms. The molecule has 5 unspecified atom stereocenters. The zero-order valence-corrected chi connectivity index (χ0v) is 12.7. The smallest absolute Gasteiger partial charge is 0.0170 e. The molecule has 106 valence electrons. The zero-order valence-electron chi connectivity index (χ0n) is 12.7. The van der Waals surface area contributed by atoms with E-state index >= 15 is 0 Å². The molecule has 18 heavy (non-hydrogen) atoms. The number of nitrogens with zero attached hydrogens (tertiary/aromatic N) is 1. The van der Waals surface area contributed by atoms with Crippen molar-refractivity contribution >= 4 is 0 Å². The van der Waals surface area contributed by atoms with Crippen molar-refractivity contribution in [1.29, 1.82) is 0 Å². The van der Waals surface area contributed by atoms with Crippen LogP contribution in [0.4, 0.5) is 0 Å². The molecule has 2 aliphatic rings. The Kier molecular flexibility index (Phi) is 4.71. The Morgan fingerprint density at radius 3 is 2.33 bits per heavy atom. The summed E-state index contributed by atoms with van der Waals surface area (Å²) in [6, 6.07) is 1.20. The molecule has 2 nitrogen and oxygen atoms in total. The number of nitrogens with two attached hydrogens (primary N) is 1. The van der Waals surface area contributed by atoms with Gasteiger partial charge in [0, 0.05) is 25.2 Å². The van der Waals surface area contributed by atoms with Crippen LogP contribution < -0.4 is 5.73 Å². The Hall–Kier alpha value is -0.0800. The highest BCUT2D eigenvalue weighted by Crippen LogP contribution is 2.37. The van der Waals surface area contributed by atoms with Crippen LogP contribution in [0.15, 0.2) is 0 Å². The Bertz CT molecular complexity index is 254. The third-order valence-corrected chi connectivity index (χ3v) is 5.18. The van der Waals surface area contributed by atoms with Crippen molar-refractivity contribution in [3.05, 3.63) is 0 Å². The van der Waals surface area contributed by atoms with E-state index in [0.717, 1.165) is 36.3 Å². The van der Waals surface area contributed by atoms with Gasteiger partial charge in [-0.2, -0.15) is 0 Å². The van der Waals surface area contributed by atoms with Crippen LogP contribution in [-0.4, -0.2) is 30.1 Å². The van der Waals surface area contributed by atoms with E-state index < -0.39 is 0 Å². The molecule has 1 aliphatic heterocycles. The van der Waals surface area contributed by atoms with Gasteiger partial charge in [-0.3, -0.25) is 4.90 Å². The summed E-state index contributed by atoms with van der Waals surface area (Å²) in [4.78, 5) is 2.74. The van der Waals surface area contributed by atoms with Crippen molar-refractivity contribution in [3.63, 3.8) is 0 Å². The van der Waals surface area contributed by atoms with Gasteiger partial charge in [-0.1, -0.05) is 34.1 Å². The quantitative estimate of drug-likeness (QED) is 0.818. The van der Waals surface area contributed by atoms with Gasteiger partial charge in [0.2, 0.25) is 0 Å². The summed E-state index contributed by atoms with van der Waals surface area (Å²) in [7, 11) is 0. The van der Waals surface area contributed by atoms with E-state index in [0.29, 0.717) is 6.04 Å². The summed E-state index contributed by atoms with van der Waals surface area (Å²) < 4.78 is 0. The predicted molar refractivity (Wildman–Crippen MR) is 78.5 cm³/mol. The van der Waals surface area contributed by atoms with Gasteiger partial charge in [-0.25, -0.2) is 0 Å². The van der Waals surface area contributed by atoms with E-state index in [1.807, 2.05) is 0 Å². The normalized spacial score (nSPS) is 43.3. The minimum absolute atomic E-state index is 0.402. The van der Waals surface area contributed by atoms with Crippen LogP contribution >= 0.6 is 0 Å². The lowest BCUT2D eigenvalue weighted by atomic mass is 9.72. The Balaban J connectivity index is 2.06. The summed E-state index contributed by atoms with van der Waals surface area (Å²) in [5, 5.41) is 0. The summed E-state index contributed by atoms with van der Waals surface area (Å²) in [6.45, 7) is 12.0. The summed E-state index contributed by atoms with van der Waals surface area (Å²) in [5.41, 5.74) is 6.24. The van der Waals surface area contributed by atoms with Gasteiger partial charge in [0.15, 0.2) is 0 Å². The maximum absolute atomic E-state index is 6.24. The average molecular weight is 252 g/mol. The fourth-order valence-electron chi connectivity index (χ4n) is 4.28. The molecule has 0 aromatic carbocycles. The number of hydrogen-bond donors (Lipinski definition) is 1. The van der Waals surface area contributed by atoms with Gasteiger partial charge in [0.25, 0.3) is 0 Å². The zero-order chi connectivity index (χ0) is 13.3. The van der Waals surface area contributed by atoms with E-state index in [2.05, 4.69) is 32.6 Å². The summed E-state index contributed by atoms with van der Waals surface area (Å²) in [5.74, 6) is 3.38. The lowest BCUT2D eigenvalue weighted by Crippen LogP contribution is -2.54. The van der Waals surface area contributed by atoms with Crippen LogP contribution in [0.1, 0.15) is 53.4 Å². The molecule has 0 aromatic rings. The molecule has 0 radical (unpaired) electrons. The molecule has 2 fully saturated rings. The Labute approximate surface area is 113 Å². The number of rotatable bonds is 2. The molecule has 1 aliphatic carbocycles. The summed E-state index contributed by atoms with van der Waals surface area (Å²) in [6.07, 6.45) is 5.45. The highest BCUT2D eigenvalue weighted by molar-refractivity contribution is 4.91. The third-order valence-electron chi connectivity index (χ3n) is 5.18. The molecular formula is C16H32N2. The SMILES string of the molecule is CC1CCC(C(C)C)C(N2CC(C)CC(N)C2)C1. The predicted octanol–water partition coefficient (Wildman–Crippen LogP) is 3.12. The summed E-state index contributed by atoms with van der Waals surface area (Å²) >= 11 is 0.